The zero-order valence-electron chi connectivity index (χ0n) is 10.3. The molecule has 0 radical (unpaired) electrons. The molecule has 0 fully saturated rings. The van der Waals surface area contributed by atoms with Gasteiger partial charge in [0, 0.05) is 29.5 Å². The van der Waals surface area contributed by atoms with Crippen molar-refractivity contribution >= 4 is 15.9 Å². The lowest BCUT2D eigenvalue weighted by Crippen LogP contribution is -2.05. The van der Waals surface area contributed by atoms with E-state index in [9.17, 15) is 5.11 Å². The Labute approximate surface area is 114 Å². The molecule has 96 valence electrons. The molecule has 0 saturated heterocycles. The molecule has 1 N–H and O–H groups in total. The van der Waals surface area contributed by atoms with E-state index in [2.05, 4.69) is 20.9 Å². The van der Waals surface area contributed by atoms with Gasteiger partial charge in [0.05, 0.1) is 6.10 Å². The van der Waals surface area contributed by atoms with Gasteiger partial charge in [-0.05, 0) is 19.1 Å². The molecular weight excluding hydrogens is 296 g/mol. The number of imidazole rings is 1. The lowest BCUT2D eigenvalue weighted by Gasteiger charge is -2.13. The Hall–Kier alpha value is -1.33. The first-order valence-electron chi connectivity index (χ1n) is 5.64. The van der Waals surface area contributed by atoms with Gasteiger partial charge in [-0.15, -0.1) is 0 Å². The van der Waals surface area contributed by atoms with Crippen molar-refractivity contribution in [3.8, 4) is 5.75 Å². The summed E-state index contributed by atoms with van der Waals surface area (Å²) in [5.74, 6) is 1.51. The maximum absolute atomic E-state index is 9.69. The van der Waals surface area contributed by atoms with Crippen LogP contribution in [0.3, 0.4) is 0 Å². The zero-order valence-corrected chi connectivity index (χ0v) is 11.9. The zero-order chi connectivity index (χ0) is 13.1. The predicted molar refractivity (Wildman–Crippen MR) is 72.3 cm³/mol. The highest BCUT2D eigenvalue weighted by Crippen LogP contribution is 2.29. The monoisotopic (exact) mass is 310 g/mol. The van der Waals surface area contributed by atoms with E-state index < -0.39 is 6.10 Å². The first-order valence-corrected chi connectivity index (χ1v) is 6.43. The predicted octanol–water partition coefficient (Wildman–Crippen LogP) is 2.81. The number of hydrogen-bond acceptors (Lipinski definition) is 3. The van der Waals surface area contributed by atoms with Crippen LogP contribution >= 0.6 is 15.9 Å². The molecule has 0 aliphatic carbocycles. The van der Waals surface area contributed by atoms with Crippen LogP contribution in [-0.4, -0.2) is 14.7 Å². The van der Waals surface area contributed by atoms with E-state index in [1.54, 1.807) is 13.1 Å². The summed E-state index contributed by atoms with van der Waals surface area (Å²) in [6.45, 7) is 2.09. The molecular formula is C13H15BrN2O2. The van der Waals surface area contributed by atoms with Crippen LogP contribution in [-0.2, 0) is 13.7 Å². The highest BCUT2D eigenvalue weighted by molar-refractivity contribution is 9.10. The van der Waals surface area contributed by atoms with E-state index in [4.69, 9.17) is 4.74 Å². The molecule has 0 unspecified atom stereocenters. The average molecular weight is 311 g/mol. The number of benzene rings is 1. The van der Waals surface area contributed by atoms with Gasteiger partial charge in [0.1, 0.15) is 18.2 Å². The standard InChI is InChI=1S/C13H15BrN2O2/c1-9(17)11-4-3-10(14)7-12(11)18-8-13-15-5-6-16(13)2/h3-7,9,17H,8H2,1-2H3/t9-/m1/s1. The number of nitrogens with zero attached hydrogens (tertiary/aromatic N) is 2. The van der Waals surface area contributed by atoms with Gasteiger partial charge in [0.15, 0.2) is 0 Å². The van der Waals surface area contributed by atoms with E-state index in [-0.39, 0.29) is 0 Å². The lowest BCUT2D eigenvalue weighted by atomic mass is 10.1. The summed E-state index contributed by atoms with van der Waals surface area (Å²) in [7, 11) is 1.92. The average Bonchev–Trinajstić information content (AvgIpc) is 2.72. The second kappa shape index (κ2) is 5.54. The van der Waals surface area contributed by atoms with Gasteiger partial charge in [-0.2, -0.15) is 0 Å². The summed E-state index contributed by atoms with van der Waals surface area (Å²) in [4.78, 5) is 4.19. The number of aryl methyl sites for hydroxylation is 1. The summed E-state index contributed by atoms with van der Waals surface area (Å²) in [5.41, 5.74) is 0.771. The van der Waals surface area contributed by atoms with Crippen molar-refractivity contribution in [1.29, 1.82) is 0 Å². The van der Waals surface area contributed by atoms with E-state index in [1.807, 2.05) is 36.0 Å². The number of hydrogen-bond donors (Lipinski definition) is 1. The molecule has 0 aliphatic rings. The topological polar surface area (TPSA) is 47.3 Å². The Kier molecular flexibility index (Phi) is 4.04. The summed E-state index contributed by atoms with van der Waals surface area (Å²) in [6, 6.07) is 5.59. The number of rotatable bonds is 4. The van der Waals surface area contributed by atoms with Crippen molar-refractivity contribution in [2.75, 3.05) is 0 Å². The summed E-state index contributed by atoms with van der Waals surface area (Å²) >= 11 is 3.40. The lowest BCUT2D eigenvalue weighted by molar-refractivity contribution is 0.189. The molecule has 1 atom stereocenters. The molecule has 2 rings (SSSR count). The number of halogens is 1. The van der Waals surface area contributed by atoms with E-state index in [1.165, 1.54) is 0 Å². The van der Waals surface area contributed by atoms with Gasteiger partial charge in [-0.25, -0.2) is 4.98 Å². The number of aliphatic hydroxyl groups is 1. The molecule has 4 nitrogen and oxygen atoms in total. The van der Waals surface area contributed by atoms with Crippen LogP contribution in [0.1, 0.15) is 24.4 Å². The summed E-state index contributed by atoms with van der Waals surface area (Å²) in [6.07, 6.45) is 3.04. The molecule has 2 aromatic rings. The number of aromatic nitrogens is 2. The molecule has 5 heteroatoms. The molecule has 0 saturated carbocycles. The van der Waals surface area contributed by atoms with Crippen LogP contribution in [0.2, 0.25) is 0 Å². The fraction of sp³-hybridized carbons (Fsp3) is 0.308. The molecule has 1 heterocycles. The third-order valence-electron chi connectivity index (χ3n) is 2.70. The Morgan fingerprint density at radius 2 is 2.28 bits per heavy atom. The molecule has 0 bridgehead atoms. The van der Waals surface area contributed by atoms with Crippen molar-refractivity contribution in [3.05, 3.63) is 46.5 Å². The Morgan fingerprint density at radius 1 is 1.50 bits per heavy atom. The Morgan fingerprint density at radius 3 is 2.89 bits per heavy atom. The van der Waals surface area contributed by atoms with E-state index in [0.29, 0.717) is 12.4 Å². The normalized spacial score (nSPS) is 12.4. The van der Waals surface area contributed by atoms with Crippen LogP contribution in [0.15, 0.2) is 35.1 Å². The minimum atomic E-state index is -0.561. The minimum absolute atomic E-state index is 0.375. The fourth-order valence-corrected chi connectivity index (χ4v) is 2.00. The quantitative estimate of drug-likeness (QED) is 0.944. The number of aliphatic hydroxyl groups excluding tert-OH is 1. The summed E-state index contributed by atoms with van der Waals surface area (Å²) < 4.78 is 8.55. The maximum Gasteiger partial charge on any atom is 0.146 e. The van der Waals surface area contributed by atoms with Gasteiger partial charge in [-0.1, -0.05) is 22.0 Å². The first-order chi connectivity index (χ1) is 8.58. The van der Waals surface area contributed by atoms with Crippen molar-refractivity contribution < 1.29 is 9.84 Å². The molecule has 0 spiro atoms. The van der Waals surface area contributed by atoms with Gasteiger partial charge < -0.3 is 14.4 Å². The highest BCUT2D eigenvalue weighted by Gasteiger charge is 2.10. The van der Waals surface area contributed by atoms with Crippen LogP contribution in [0.25, 0.3) is 0 Å². The number of ether oxygens (including phenoxy) is 1. The van der Waals surface area contributed by atoms with E-state index >= 15 is 0 Å². The smallest absolute Gasteiger partial charge is 0.146 e. The van der Waals surface area contributed by atoms with Crippen LogP contribution in [0, 0.1) is 0 Å². The Bertz CT molecular complexity index is 538. The molecule has 0 aliphatic heterocycles. The van der Waals surface area contributed by atoms with Crippen LogP contribution in [0.4, 0.5) is 0 Å². The third-order valence-corrected chi connectivity index (χ3v) is 3.20. The molecule has 1 aromatic carbocycles. The second-order valence-corrected chi connectivity index (χ2v) is 5.02. The maximum atomic E-state index is 9.69. The second-order valence-electron chi connectivity index (χ2n) is 4.10. The Balaban J connectivity index is 2.18. The molecule has 18 heavy (non-hydrogen) atoms. The van der Waals surface area contributed by atoms with Crippen molar-refractivity contribution in [2.24, 2.45) is 7.05 Å². The molecule has 1 aromatic heterocycles. The fourth-order valence-electron chi connectivity index (χ4n) is 1.66. The van der Waals surface area contributed by atoms with Crippen molar-refractivity contribution in [2.45, 2.75) is 19.6 Å². The highest BCUT2D eigenvalue weighted by atomic mass is 79.9. The van der Waals surface area contributed by atoms with Gasteiger partial charge in [-0.3, -0.25) is 0 Å². The van der Waals surface area contributed by atoms with Crippen molar-refractivity contribution in [3.63, 3.8) is 0 Å². The summed E-state index contributed by atoms with van der Waals surface area (Å²) in [5, 5.41) is 9.69. The van der Waals surface area contributed by atoms with Crippen molar-refractivity contribution in [1.82, 2.24) is 9.55 Å². The van der Waals surface area contributed by atoms with Gasteiger partial charge in [0.25, 0.3) is 0 Å². The third kappa shape index (κ3) is 2.91. The van der Waals surface area contributed by atoms with Crippen LogP contribution in [0.5, 0.6) is 5.75 Å². The van der Waals surface area contributed by atoms with E-state index in [0.717, 1.165) is 15.9 Å². The first kappa shape index (κ1) is 13.1. The van der Waals surface area contributed by atoms with Crippen LogP contribution < -0.4 is 4.74 Å². The largest absolute Gasteiger partial charge is 0.485 e. The minimum Gasteiger partial charge on any atom is -0.485 e. The SMILES string of the molecule is C[C@@H](O)c1ccc(Br)cc1OCc1nccn1C. The van der Waals surface area contributed by atoms with Gasteiger partial charge >= 0.3 is 0 Å². The molecule has 0 amide bonds. The van der Waals surface area contributed by atoms with Gasteiger partial charge in [0.2, 0.25) is 0 Å².